The summed E-state index contributed by atoms with van der Waals surface area (Å²) in [4.78, 5) is 8.95. The average Bonchev–Trinajstić information content (AvgIpc) is 2.54. The van der Waals surface area contributed by atoms with Crippen molar-refractivity contribution in [3.8, 4) is 0 Å². The standard InChI is InChI=1S/C13H17N3O/c1-8-11-9(2)15-12(16(11)5-4-14-8)10-6-13(3,17)7-10/h4-5,10,17H,6-7H2,1-3H3. The molecule has 0 amide bonds. The quantitative estimate of drug-likeness (QED) is 0.816. The Bertz CT molecular complexity index is 578. The van der Waals surface area contributed by atoms with E-state index in [1.165, 1.54) is 0 Å². The lowest BCUT2D eigenvalue weighted by Crippen LogP contribution is -2.40. The van der Waals surface area contributed by atoms with Crippen LogP contribution in [0.2, 0.25) is 0 Å². The Morgan fingerprint density at radius 1 is 1.35 bits per heavy atom. The lowest BCUT2D eigenvalue weighted by Gasteiger charge is -2.40. The van der Waals surface area contributed by atoms with Crippen molar-refractivity contribution in [1.82, 2.24) is 14.4 Å². The van der Waals surface area contributed by atoms with Crippen molar-refractivity contribution in [1.29, 1.82) is 0 Å². The molecule has 2 aromatic rings. The molecule has 0 aliphatic heterocycles. The largest absolute Gasteiger partial charge is 0.390 e. The van der Waals surface area contributed by atoms with Crippen LogP contribution in [0.25, 0.3) is 5.52 Å². The second-order valence-corrected chi connectivity index (χ2v) is 5.39. The van der Waals surface area contributed by atoms with E-state index >= 15 is 0 Å². The van der Waals surface area contributed by atoms with Gasteiger partial charge in [0.2, 0.25) is 0 Å². The third-order valence-electron chi connectivity index (χ3n) is 3.68. The summed E-state index contributed by atoms with van der Waals surface area (Å²) in [5.41, 5.74) is 2.63. The molecular weight excluding hydrogens is 214 g/mol. The Morgan fingerprint density at radius 3 is 2.71 bits per heavy atom. The molecule has 17 heavy (non-hydrogen) atoms. The first-order valence-corrected chi connectivity index (χ1v) is 6.00. The predicted molar refractivity (Wildman–Crippen MR) is 65.1 cm³/mol. The number of fused-ring (bicyclic) bond motifs is 1. The highest BCUT2D eigenvalue weighted by Crippen LogP contribution is 2.44. The number of aliphatic hydroxyl groups is 1. The number of imidazole rings is 1. The summed E-state index contributed by atoms with van der Waals surface area (Å²) < 4.78 is 2.12. The number of aromatic nitrogens is 3. The molecule has 0 bridgehead atoms. The van der Waals surface area contributed by atoms with E-state index in [1.54, 1.807) is 0 Å². The first-order valence-electron chi connectivity index (χ1n) is 6.00. The van der Waals surface area contributed by atoms with Crippen LogP contribution in [-0.4, -0.2) is 25.1 Å². The summed E-state index contributed by atoms with van der Waals surface area (Å²) in [5, 5.41) is 9.83. The van der Waals surface area contributed by atoms with Crippen molar-refractivity contribution in [2.24, 2.45) is 0 Å². The van der Waals surface area contributed by atoms with E-state index in [4.69, 9.17) is 0 Å². The van der Waals surface area contributed by atoms with Crippen molar-refractivity contribution < 1.29 is 5.11 Å². The zero-order valence-electron chi connectivity index (χ0n) is 10.4. The molecule has 1 fully saturated rings. The van der Waals surface area contributed by atoms with Crippen LogP contribution >= 0.6 is 0 Å². The number of hydrogen-bond acceptors (Lipinski definition) is 3. The van der Waals surface area contributed by atoms with Crippen LogP contribution in [-0.2, 0) is 0 Å². The summed E-state index contributed by atoms with van der Waals surface area (Å²) in [5.74, 6) is 1.43. The van der Waals surface area contributed by atoms with Gasteiger partial charge >= 0.3 is 0 Å². The average molecular weight is 231 g/mol. The summed E-state index contributed by atoms with van der Waals surface area (Å²) in [6, 6.07) is 0. The Labute approximate surface area is 100 Å². The van der Waals surface area contributed by atoms with Crippen LogP contribution in [0.5, 0.6) is 0 Å². The summed E-state index contributed by atoms with van der Waals surface area (Å²) in [6.07, 6.45) is 5.37. The van der Waals surface area contributed by atoms with Gasteiger partial charge in [0, 0.05) is 18.3 Å². The zero-order valence-corrected chi connectivity index (χ0v) is 10.4. The van der Waals surface area contributed by atoms with Gasteiger partial charge in [-0.25, -0.2) is 4.98 Å². The fraction of sp³-hybridized carbons (Fsp3) is 0.538. The molecule has 0 aromatic carbocycles. The van der Waals surface area contributed by atoms with Gasteiger partial charge < -0.3 is 5.11 Å². The fourth-order valence-electron chi connectivity index (χ4n) is 2.90. The third-order valence-corrected chi connectivity index (χ3v) is 3.68. The topological polar surface area (TPSA) is 50.4 Å². The van der Waals surface area contributed by atoms with Gasteiger partial charge in [-0.1, -0.05) is 0 Å². The molecular formula is C13H17N3O. The number of nitrogens with zero attached hydrogens (tertiary/aromatic N) is 3. The van der Waals surface area contributed by atoms with Gasteiger partial charge in [0.1, 0.15) is 5.82 Å². The highest BCUT2D eigenvalue weighted by atomic mass is 16.3. The molecule has 2 aromatic heterocycles. The Morgan fingerprint density at radius 2 is 2.06 bits per heavy atom. The minimum atomic E-state index is -0.507. The maximum absolute atomic E-state index is 9.83. The molecule has 90 valence electrons. The Hall–Kier alpha value is -1.42. The van der Waals surface area contributed by atoms with E-state index in [9.17, 15) is 5.11 Å². The van der Waals surface area contributed by atoms with Gasteiger partial charge in [-0.15, -0.1) is 0 Å². The smallest absolute Gasteiger partial charge is 0.117 e. The summed E-state index contributed by atoms with van der Waals surface area (Å²) >= 11 is 0. The highest BCUT2D eigenvalue weighted by Gasteiger charge is 2.41. The molecule has 3 rings (SSSR count). The molecule has 2 heterocycles. The van der Waals surface area contributed by atoms with Gasteiger partial charge in [0.15, 0.2) is 0 Å². The van der Waals surface area contributed by atoms with Crippen molar-refractivity contribution in [3.05, 3.63) is 29.6 Å². The Balaban J connectivity index is 2.10. The first-order chi connectivity index (χ1) is 7.98. The van der Waals surface area contributed by atoms with Crippen LogP contribution < -0.4 is 0 Å². The predicted octanol–water partition coefficient (Wildman–Crippen LogP) is 1.97. The Kier molecular flexibility index (Phi) is 2.08. The van der Waals surface area contributed by atoms with E-state index in [1.807, 2.05) is 33.2 Å². The van der Waals surface area contributed by atoms with Gasteiger partial charge in [0.05, 0.1) is 22.5 Å². The molecule has 4 nitrogen and oxygen atoms in total. The van der Waals surface area contributed by atoms with Crippen LogP contribution in [0.4, 0.5) is 0 Å². The lowest BCUT2D eigenvalue weighted by molar-refractivity contribution is -0.0335. The first kappa shape index (κ1) is 10.7. The molecule has 0 unspecified atom stereocenters. The van der Waals surface area contributed by atoms with Crippen molar-refractivity contribution >= 4 is 5.52 Å². The number of rotatable bonds is 1. The van der Waals surface area contributed by atoms with Gasteiger partial charge in [-0.3, -0.25) is 9.38 Å². The monoisotopic (exact) mass is 231 g/mol. The molecule has 0 spiro atoms. The SMILES string of the molecule is Cc1nccn2c(C3CC(C)(O)C3)nc(C)c12. The van der Waals surface area contributed by atoms with Gasteiger partial charge in [-0.05, 0) is 33.6 Å². The van der Waals surface area contributed by atoms with E-state index in [0.717, 1.165) is 35.6 Å². The molecule has 0 saturated heterocycles. The van der Waals surface area contributed by atoms with Crippen molar-refractivity contribution in [2.75, 3.05) is 0 Å². The number of hydrogen-bond donors (Lipinski definition) is 1. The van der Waals surface area contributed by atoms with Crippen LogP contribution in [0, 0.1) is 13.8 Å². The summed E-state index contributed by atoms with van der Waals surface area (Å²) in [7, 11) is 0. The lowest BCUT2D eigenvalue weighted by atomic mass is 9.72. The third kappa shape index (κ3) is 1.55. The minimum absolute atomic E-state index is 0.369. The zero-order chi connectivity index (χ0) is 12.2. The van der Waals surface area contributed by atoms with Crippen LogP contribution in [0.15, 0.2) is 12.4 Å². The highest BCUT2D eigenvalue weighted by molar-refractivity contribution is 5.56. The van der Waals surface area contributed by atoms with Crippen molar-refractivity contribution in [2.45, 2.75) is 45.1 Å². The normalized spacial score (nSPS) is 28.4. The van der Waals surface area contributed by atoms with Gasteiger partial charge in [-0.2, -0.15) is 0 Å². The summed E-state index contributed by atoms with van der Waals surface area (Å²) in [6.45, 7) is 5.91. The van der Waals surface area contributed by atoms with E-state index in [-0.39, 0.29) is 0 Å². The van der Waals surface area contributed by atoms with E-state index < -0.39 is 5.60 Å². The molecule has 4 heteroatoms. The molecule has 1 aliphatic rings. The molecule has 0 radical (unpaired) electrons. The molecule has 1 aliphatic carbocycles. The second kappa shape index (κ2) is 3.29. The fourth-order valence-corrected chi connectivity index (χ4v) is 2.90. The number of aryl methyl sites for hydroxylation is 2. The molecule has 1 saturated carbocycles. The van der Waals surface area contributed by atoms with Crippen molar-refractivity contribution in [3.63, 3.8) is 0 Å². The maximum atomic E-state index is 9.83. The van der Waals surface area contributed by atoms with E-state index in [2.05, 4.69) is 14.4 Å². The molecule has 1 N–H and O–H groups in total. The van der Waals surface area contributed by atoms with Crippen LogP contribution in [0.3, 0.4) is 0 Å². The molecule has 0 atom stereocenters. The van der Waals surface area contributed by atoms with Crippen LogP contribution in [0.1, 0.15) is 42.9 Å². The van der Waals surface area contributed by atoms with Gasteiger partial charge in [0.25, 0.3) is 0 Å². The van der Waals surface area contributed by atoms with E-state index in [0.29, 0.717) is 5.92 Å². The second-order valence-electron chi connectivity index (χ2n) is 5.39. The maximum Gasteiger partial charge on any atom is 0.117 e. The minimum Gasteiger partial charge on any atom is -0.390 e.